The molecule has 0 fully saturated rings. The molecule has 2 nitrogen and oxygen atoms in total. The Morgan fingerprint density at radius 2 is 0.659 bits per heavy atom. The molecule has 0 saturated heterocycles. The van der Waals surface area contributed by atoms with Gasteiger partial charge in [0.1, 0.15) is 11.5 Å². The van der Waals surface area contributed by atoms with E-state index < -0.39 is 0 Å². The van der Waals surface area contributed by atoms with Crippen molar-refractivity contribution in [2.24, 2.45) is 0 Å². The van der Waals surface area contributed by atoms with Crippen molar-refractivity contribution in [3.8, 4) is 56.0 Å². The van der Waals surface area contributed by atoms with Crippen molar-refractivity contribution in [2.75, 3.05) is 0 Å². The predicted octanol–water partition coefficient (Wildman–Crippen LogP) is 10.5. The summed E-state index contributed by atoms with van der Waals surface area (Å²) in [5, 5.41) is 23.0. The summed E-state index contributed by atoms with van der Waals surface area (Å²) >= 11 is 3.66. The Labute approximate surface area is 248 Å². The fraction of sp³-hybridized carbons (Fsp3) is 0. The first kappa shape index (κ1) is 26.4. The SMILES string of the molecule is Oc1c(-c2ccccc2)cc(C(=CBr)c2cc(-c3ccccc3)c(O)c(-c3ccccc3)c2)cc1-c1ccccc1. The van der Waals surface area contributed by atoms with Gasteiger partial charge in [-0.2, -0.15) is 0 Å². The normalized spacial score (nSPS) is 10.8. The van der Waals surface area contributed by atoms with E-state index >= 15 is 0 Å². The van der Waals surface area contributed by atoms with Crippen molar-refractivity contribution in [2.45, 2.75) is 0 Å². The smallest absolute Gasteiger partial charge is 0.131 e. The fourth-order valence-corrected chi connectivity index (χ4v) is 5.75. The maximum absolute atomic E-state index is 11.5. The number of benzene rings is 6. The van der Waals surface area contributed by atoms with Crippen LogP contribution in [-0.2, 0) is 0 Å². The Morgan fingerprint density at radius 3 is 0.878 bits per heavy atom. The molecule has 0 aliphatic rings. The molecular formula is C38H27BrO2. The molecule has 0 aliphatic heterocycles. The lowest BCUT2D eigenvalue weighted by Crippen LogP contribution is -1.95. The molecule has 0 aliphatic carbocycles. The monoisotopic (exact) mass is 594 g/mol. The highest BCUT2D eigenvalue weighted by Crippen LogP contribution is 2.45. The van der Waals surface area contributed by atoms with E-state index in [9.17, 15) is 10.2 Å². The van der Waals surface area contributed by atoms with Crippen molar-refractivity contribution in [1.82, 2.24) is 0 Å². The molecule has 0 atom stereocenters. The fourth-order valence-electron chi connectivity index (χ4n) is 5.22. The Hall–Kier alpha value is -4.86. The number of hydrogen-bond donors (Lipinski definition) is 2. The van der Waals surface area contributed by atoms with Crippen LogP contribution >= 0.6 is 15.9 Å². The number of rotatable bonds is 6. The first-order valence-electron chi connectivity index (χ1n) is 13.4. The lowest BCUT2D eigenvalue weighted by Gasteiger charge is -2.18. The minimum atomic E-state index is 0.237. The van der Waals surface area contributed by atoms with E-state index in [1.807, 2.05) is 151 Å². The van der Waals surface area contributed by atoms with Gasteiger partial charge in [0.05, 0.1) is 0 Å². The lowest BCUT2D eigenvalue weighted by molar-refractivity contribution is 0.479. The van der Waals surface area contributed by atoms with Gasteiger partial charge < -0.3 is 10.2 Å². The summed E-state index contributed by atoms with van der Waals surface area (Å²) < 4.78 is 0. The second kappa shape index (κ2) is 11.7. The number of aromatic hydroxyl groups is 2. The summed E-state index contributed by atoms with van der Waals surface area (Å²) in [5.41, 5.74) is 9.50. The van der Waals surface area contributed by atoms with Crippen molar-refractivity contribution >= 4 is 21.5 Å². The third-order valence-corrected chi connectivity index (χ3v) is 7.75. The molecule has 6 aromatic rings. The van der Waals surface area contributed by atoms with Crippen molar-refractivity contribution in [3.05, 3.63) is 162 Å². The van der Waals surface area contributed by atoms with Crippen LogP contribution in [0.4, 0.5) is 0 Å². The number of hydrogen-bond acceptors (Lipinski definition) is 2. The third-order valence-electron chi connectivity index (χ3n) is 7.29. The average molecular weight is 596 g/mol. The van der Waals surface area contributed by atoms with Crippen LogP contribution in [0.25, 0.3) is 50.1 Å². The first-order chi connectivity index (χ1) is 20.1. The molecule has 2 N–H and O–H groups in total. The number of phenols is 2. The van der Waals surface area contributed by atoms with Crippen LogP contribution in [0.2, 0.25) is 0 Å². The van der Waals surface area contributed by atoms with E-state index in [0.717, 1.165) is 61.2 Å². The zero-order chi connectivity index (χ0) is 28.2. The third kappa shape index (κ3) is 5.32. The van der Waals surface area contributed by atoms with E-state index in [1.165, 1.54) is 0 Å². The van der Waals surface area contributed by atoms with Gasteiger partial charge in [0.25, 0.3) is 0 Å². The minimum Gasteiger partial charge on any atom is -0.507 e. The Bertz CT molecular complexity index is 1570. The maximum Gasteiger partial charge on any atom is 0.131 e. The van der Waals surface area contributed by atoms with Crippen LogP contribution in [0.1, 0.15) is 11.1 Å². The van der Waals surface area contributed by atoms with Crippen molar-refractivity contribution in [3.63, 3.8) is 0 Å². The molecule has 6 aromatic carbocycles. The molecule has 6 rings (SSSR count). The second-order valence-electron chi connectivity index (χ2n) is 9.83. The lowest BCUT2D eigenvalue weighted by atomic mass is 9.87. The molecule has 41 heavy (non-hydrogen) atoms. The van der Waals surface area contributed by atoms with Gasteiger partial charge in [0.2, 0.25) is 0 Å². The molecule has 0 bridgehead atoms. The maximum atomic E-state index is 11.5. The van der Waals surface area contributed by atoms with E-state index in [2.05, 4.69) is 15.9 Å². The Kier molecular flexibility index (Phi) is 7.53. The standard InChI is InChI=1S/C38H27BrO2/c39-25-36(30-21-32(26-13-5-1-6-14-26)37(40)33(22-30)27-15-7-2-8-16-27)31-23-34(28-17-9-3-10-18-28)38(41)35(24-31)29-19-11-4-12-20-29/h1-25,40-41H. The Morgan fingerprint density at radius 1 is 0.415 bits per heavy atom. The second-order valence-corrected chi connectivity index (χ2v) is 10.3. The van der Waals surface area contributed by atoms with Gasteiger partial charge >= 0.3 is 0 Å². The summed E-state index contributed by atoms with van der Waals surface area (Å²) in [5.74, 6) is 0.474. The van der Waals surface area contributed by atoms with Gasteiger partial charge in [0, 0.05) is 22.3 Å². The van der Waals surface area contributed by atoms with E-state index in [-0.39, 0.29) is 11.5 Å². The van der Waals surface area contributed by atoms with Crippen LogP contribution in [0.15, 0.2) is 151 Å². The highest BCUT2D eigenvalue weighted by molar-refractivity contribution is 9.11. The largest absolute Gasteiger partial charge is 0.507 e. The van der Waals surface area contributed by atoms with Gasteiger partial charge in [-0.25, -0.2) is 0 Å². The molecule has 0 heterocycles. The van der Waals surface area contributed by atoms with Crippen molar-refractivity contribution in [1.29, 1.82) is 0 Å². The van der Waals surface area contributed by atoms with E-state index in [4.69, 9.17) is 0 Å². The molecular weight excluding hydrogens is 568 g/mol. The van der Waals surface area contributed by atoms with Crippen LogP contribution < -0.4 is 0 Å². The highest BCUT2D eigenvalue weighted by Gasteiger charge is 2.19. The number of halogens is 1. The van der Waals surface area contributed by atoms with Gasteiger partial charge in [-0.1, -0.05) is 137 Å². The van der Waals surface area contributed by atoms with Gasteiger partial charge in [0.15, 0.2) is 0 Å². The summed E-state index contributed by atoms with van der Waals surface area (Å²) in [6.45, 7) is 0. The molecule has 0 amide bonds. The summed E-state index contributed by atoms with van der Waals surface area (Å²) in [6, 6.07) is 47.9. The van der Waals surface area contributed by atoms with E-state index in [0.29, 0.717) is 0 Å². The Balaban J connectivity index is 1.60. The molecule has 0 aromatic heterocycles. The van der Waals surface area contributed by atoms with Crippen LogP contribution in [0.5, 0.6) is 11.5 Å². The molecule has 198 valence electrons. The summed E-state index contributed by atoms with van der Waals surface area (Å²) in [7, 11) is 0. The quantitative estimate of drug-likeness (QED) is 0.201. The van der Waals surface area contributed by atoms with Crippen molar-refractivity contribution < 1.29 is 10.2 Å². The molecule has 0 saturated carbocycles. The number of phenolic OH excluding ortho intramolecular Hbond substituents is 2. The zero-order valence-corrected chi connectivity index (χ0v) is 23.8. The molecule has 0 radical (unpaired) electrons. The van der Waals surface area contributed by atoms with Crippen LogP contribution in [-0.4, -0.2) is 10.2 Å². The molecule has 3 heteroatoms. The predicted molar refractivity (Wildman–Crippen MR) is 174 cm³/mol. The average Bonchev–Trinajstić information content (AvgIpc) is 3.04. The zero-order valence-electron chi connectivity index (χ0n) is 22.2. The van der Waals surface area contributed by atoms with Gasteiger partial charge in [-0.15, -0.1) is 0 Å². The topological polar surface area (TPSA) is 40.5 Å². The van der Waals surface area contributed by atoms with Gasteiger partial charge in [-0.3, -0.25) is 0 Å². The minimum absolute atomic E-state index is 0.237. The molecule has 0 unspecified atom stereocenters. The van der Waals surface area contributed by atoms with Gasteiger partial charge in [-0.05, 0) is 68.2 Å². The summed E-state index contributed by atoms with van der Waals surface area (Å²) in [6.07, 6.45) is 0. The van der Waals surface area contributed by atoms with Crippen LogP contribution in [0, 0.1) is 0 Å². The first-order valence-corrected chi connectivity index (χ1v) is 14.3. The molecule has 0 spiro atoms. The highest BCUT2D eigenvalue weighted by atomic mass is 79.9. The van der Waals surface area contributed by atoms with Crippen LogP contribution in [0.3, 0.4) is 0 Å². The van der Waals surface area contributed by atoms with E-state index in [1.54, 1.807) is 0 Å². The summed E-state index contributed by atoms with van der Waals surface area (Å²) in [4.78, 5) is 1.92.